The smallest absolute Gasteiger partial charge is 0.243 e. The second-order valence-corrected chi connectivity index (χ2v) is 10.6. The molecule has 2 heterocycles. The highest BCUT2D eigenvalue weighted by molar-refractivity contribution is 7.89. The molecule has 0 aliphatic rings. The van der Waals surface area contributed by atoms with E-state index in [2.05, 4.69) is 20.3 Å². The van der Waals surface area contributed by atoms with E-state index < -0.39 is 10.0 Å². The number of nitrogens with one attached hydrogen (secondary N) is 1. The first-order valence-corrected chi connectivity index (χ1v) is 13.5. The van der Waals surface area contributed by atoms with Crippen molar-refractivity contribution in [3.63, 3.8) is 0 Å². The van der Waals surface area contributed by atoms with Crippen LogP contribution in [0.25, 0.3) is 22.0 Å². The summed E-state index contributed by atoms with van der Waals surface area (Å²) < 4.78 is 34.1. The van der Waals surface area contributed by atoms with Gasteiger partial charge in [0.15, 0.2) is 0 Å². The molecule has 0 spiro atoms. The Morgan fingerprint density at radius 3 is 2.39 bits per heavy atom. The van der Waals surface area contributed by atoms with Crippen LogP contribution in [0, 0.1) is 0 Å². The standard InChI is InChI=1S/C29H27N5O3S/c1-30-29-27-17-23(9-14-28(27)32-20-33-29)22-7-5-6-21(16-22)18-34(19-24-8-3-4-15-31-24)38(35,36)26-12-10-25(37-2)11-13-26/h3-17,20H,18-19H2,1-2H3,(H,30,32,33). The topological polar surface area (TPSA) is 97.3 Å². The van der Waals surface area contributed by atoms with Crippen LogP contribution in [0.1, 0.15) is 11.3 Å². The number of hydrogen-bond acceptors (Lipinski definition) is 7. The Kier molecular flexibility index (Phi) is 7.30. The van der Waals surface area contributed by atoms with E-state index in [1.54, 1.807) is 37.6 Å². The lowest BCUT2D eigenvalue weighted by Crippen LogP contribution is -2.30. The van der Waals surface area contributed by atoms with Crippen molar-refractivity contribution in [2.75, 3.05) is 19.5 Å². The fourth-order valence-electron chi connectivity index (χ4n) is 4.28. The van der Waals surface area contributed by atoms with Gasteiger partial charge < -0.3 is 10.1 Å². The molecule has 192 valence electrons. The number of sulfonamides is 1. The maximum absolute atomic E-state index is 13.7. The molecule has 5 rings (SSSR count). The third kappa shape index (κ3) is 5.34. The van der Waals surface area contributed by atoms with Crippen LogP contribution in [-0.4, -0.2) is 41.8 Å². The number of anilines is 1. The first-order chi connectivity index (χ1) is 18.5. The van der Waals surface area contributed by atoms with Gasteiger partial charge in [0.25, 0.3) is 0 Å². The molecule has 0 unspecified atom stereocenters. The van der Waals surface area contributed by atoms with Crippen LogP contribution in [0.3, 0.4) is 0 Å². The highest BCUT2D eigenvalue weighted by Crippen LogP contribution is 2.29. The van der Waals surface area contributed by atoms with Crippen LogP contribution in [0.15, 0.2) is 102 Å². The Morgan fingerprint density at radius 2 is 1.66 bits per heavy atom. The largest absolute Gasteiger partial charge is 0.497 e. The van der Waals surface area contributed by atoms with Crippen molar-refractivity contribution in [1.29, 1.82) is 0 Å². The zero-order valence-corrected chi connectivity index (χ0v) is 21.9. The molecule has 8 nitrogen and oxygen atoms in total. The number of aromatic nitrogens is 3. The summed E-state index contributed by atoms with van der Waals surface area (Å²) >= 11 is 0. The predicted octanol–water partition coefficient (Wildman–Crippen LogP) is 5.13. The van der Waals surface area contributed by atoms with Crippen LogP contribution in [0.5, 0.6) is 5.75 Å². The first-order valence-electron chi connectivity index (χ1n) is 12.0. The Hall–Kier alpha value is -4.34. The molecule has 0 aliphatic heterocycles. The minimum Gasteiger partial charge on any atom is -0.497 e. The molecule has 38 heavy (non-hydrogen) atoms. The van der Waals surface area contributed by atoms with E-state index in [0.717, 1.165) is 33.4 Å². The number of hydrogen-bond donors (Lipinski definition) is 1. The third-order valence-electron chi connectivity index (χ3n) is 6.25. The average Bonchev–Trinajstić information content (AvgIpc) is 2.97. The van der Waals surface area contributed by atoms with Crippen LogP contribution in [-0.2, 0) is 23.1 Å². The Bertz CT molecular complexity index is 1660. The average molecular weight is 526 g/mol. The lowest BCUT2D eigenvalue weighted by atomic mass is 10.0. The van der Waals surface area contributed by atoms with Crippen molar-refractivity contribution in [2.24, 2.45) is 0 Å². The van der Waals surface area contributed by atoms with E-state index in [1.807, 2.05) is 67.7 Å². The van der Waals surface area contributed by atoms with Crippen molar-refractivity contribution in [3.05, 3.63) is 109 Å². The Morgan fingerprint density at radius 1 is 0.842 bits per heavy atom. The van der Waals surface area contributed by atoms with Crippen molar-refractivity contribution in [3.8, 4) is 16.9 Å². The van der Waals surface area contributed by atoms with Gasteiger partial charge in [0, 0.05) is 25.2 Å². The molecule has 1 N–H and O–H groups in total. The van der Waals surface area contributed by atoms with Crippen molar-refractivity contribution in [2.45, 2.75) is 18.0 Å². The molecule has 3 aromatic carbocycles. The number of fused-ring (bicyclic) bond motifs is 1. The number of nitrogens with zero attached hydrogens (tertiary/aromatic N) is 4. The van der Waals surface area contributed by atoms with Crippen molar-refractivity contribution in [1.82, 2.24) is 19.3 Å². The van der Waals surface area contributed by atoms with Gasteiger partial charge in [-0.3, -0.25) is 4.98 Å². The fraction of sp³-hybridized carbons (Fsp3) is 0.138. The molecule has 0 saturated heterocycles. The molecule has 9 heteroatoms. The van der Waals surface area contributed by atoms with Gasteiger partial charge in [0.1, 0.15) is 17.9 Å². The van der Waals surface area contributed by atoms with Gasteiger partial charge in [0.2, 0.25) is 10.0 Å². The molecule has 0 radical (unpaired) electrons. The SMILES string of the molecule is CNc1ncnc2ccc(-c3cccc(CN(Cc4ccccn4)S(=O)(=O)c4ccc(OC)cc4)c3)cc12. The maximum atomic E-state index is 13.7. The monoisotopic (exact) mass is 525 g/mol. The second-order valence-electron chi connectivity index (χ2n) is 8.67. The summed E-state index contributed by atoms with van der Waals surface area (Å²) in [5.74, 6) is 1.34. The fourth-order valence-corrected chi connectivity index (χ4v) is 5.68. The molecular formula is C29H27N5O3S. The van der Waals surface area contributed by atoms with E-state index in [9.17, 15) is 8.42 Å². The summed E-state index contributed by atoms with van der Waals surface area (Å²) in [5.41, 5.74) is 4.31. The minimum atomic E-state index is -3.82. The minimum absolute atomic E-state index is 0.137. The van der Waals surface area contributed by atoms with E-state index in [0.29, 0.717) is 11.4 Å². The number of methoxy groups -OCH3 is 1. The summed E-state index contributed by atoms with van der Waals surface area (Å²) in [4.78, 5) is 13.2. The Balaban J connectivity index is 1.50. The molecule has 0 amide bonds. The summed E-state index contributed by atoms with van der Waals surface area (Å²) in [6, 6.07) is 25.8. The van der Waals surface area contributed by atoms with E-state index >= 15 is 0 Å². The lowest BCUT2D eigenvalue weighted by Gasteiger charge is -2.22. The van der Waals surface area contributed by atoms with Gasteiger partial charge >= 0.3 is 0 Å². The van der Waals surface area contributed by atoms with E-state index in [1.165, 1.54) is 10.6 Å². The highest BCUT2D eigenvalue weighted by atomic mass is 32.2. The summed E-state index contributed by atoms with van der Waals surface area (Å²) in [7, 11) is -0.449. The summed E-state index contributed by atoms with van der Waals surface area (Å²) in [5, 5.41) is 4.02. The molecule has 5 aromatic rings. The molecule has 0 fully saturated rings. The summed E-state index contributed by atoms with van der Waals surface area (Å²) in [6.45, 7) is 0.315. The highest BCUT2D eigenvalue weighted by Gasteiger charge is 2.25. The van der Waals surface area contributed by atoms with Gasteiger partial charge in [-0.1, -0.05) is 30.3 Å². The molecule has 0 bridgehead atoms. The zero-order valence-electron chi connectivity index (χ0n) is 21.1. The number of benzene rings is 3. The number of ether oxygens (including phenoxy) is 1. The predicted molar refractivity (Wildman–Crippen MR) is 148 cm³/mol. The zero-order chi connectivity index (χ0) is 26.5. The van der Waals surface area contributed by atoms with Gasteiger partial charge in [-0.05, 0) is 71.3 Å². The molecule has 0 aliphatic carbocycles. The van der Waals surface area contributed by atoms with Crippen LogP contribution in [0.4, 0.5) is 5.82 Å². The summed E-state index contributed by atoms with van der Waals surface area (Å²) in [6.07, 6.45) is 3.20. The maximum Gasteiger partial charge on any atom is 0.243 e. The number of pyridine rings is 1. The van der Waals surface area contributed by atoms with Gasteiger partial charge in [0.05, 0.1) is 29.8 Å². The van der Waals surface area contributed by atoms with Crippen molar-refractivity contribution < 1.29 is 13.2 Å². The lowest BCUT2D eigenvalue weighted by molar-refractivity contribution is 0.396. The molecule has 2 aromatic heterocycles. The number of rotatable bonds is 9. The van der Waals surface area contributed by atoms with Crippen LogP contribution < -0.4 is 10.1 Å². The quantitative estimate of drug-likeness (QED) is 0.285. The van der Waals surface area contributed by atoms with Gasteiger partial charge in [-0.25, -0.2) is 18.4 Å². The van der Waals surface area contributed by atoms with Crippen LogP contribution >= 0.6 is 0 Å². The van der Waals surface area contributed by atoms with Crippen LogP contribution in [0.2, 0.25) is 0 Å². The van der Waals surface area contributed by atoms with Crippen molar-refractivity contribution >= 4 is 26.7 Å². The second kappa shape index (κ2) is 11.0. The molecule has 0 atom stereocenters. The van der Waals surface area contributed by atoms with E-state index in [-0.39, 0.29) is 18.0 Å². The van der Waals surface area contributed by atoms with Gasteiger partial charge in [-0.2, -0.15) is 4.31 Å². The van der Waals surface area contributed by atoms with Gasteiger partial charge in [-0.15, -0.1) is 0 Å². The Labute approximate surface area is 222 Å². The molecule has 0 saturated carbocycles. The molecular weight excluding hydrogens is 498 g/mol. The van der Waals surface area contributed by atoms with E-state index in [4.69, 9.17) is 4.74 Å². The first kappa shape index (κ1) is 25.3. The third-order valence-corrected chi connectivity index (χ3v) is 8.06. The normalized spacial score (nSPS) is 11.6.